The summed E-state index contributed by atoms with van der Waals surface area (Å²) in [5.41, 5.74) is 6.41. The average molecular weight is 311 g/mol. The zero-order valence-electron chi connectivity index (χ0n) is 12.0. The fraction of sp³-hybridized carbons (Fsp3) is 0.125. The van der Waals surface area contributed by atoms with Crippen LogP contribution < -0.4 is 10.6 Å². The SMILES string of the molecule is NC(=O)C1Cc2ccccc2N1C(=O)c1ccccc1[N+](=O)[O-]. The Morgan fingerprint density at radius 1 is 1.13 bits per heavy atom. The fourth-order valence-corrected chi connectivity index (χ4v) is 2.81. The van der Waals surface area contributed by atoms with Crippen LogP contribution in [0, 0.1) is 10.1 Å². The smallest absolute Gasteiger partial charge is 0.282 e. The van der Waals surface area contributed by atoms with Gasteiger partial charge in [0.15, 0.2) is 0 Å². The quantitative estimate of drug-likeness (QED) is 0.687. The number of benzene rings is 2. The van der Waals surface area contributed by atoms with Gasteiger partial charge in [-0.25, -0.2) is 0 Å². The summed E-state index contributed by atoms with van der Waals surface area (Å²) < 4.78 is 0. The number of carbonyl (C=O) groups is 2. The van der Waals surface area contributed by atoms with Crippen LogP contribution in [0.5, 0.6) is 0 Å². The number of anilines is 1. The Hall–Kier alpha value is -3.22. The topological polar surface area (TPSA) is 107 Å². The summed E-state index contributed by atoms with van der Waals surface area (Å²) in [5, 5.41) is 11.1. The van der Waals surface area contributed by atoms with Gasteiger partial charge in [-0.2, -0.15) is 0 Å². The number of hydrogen-bond acceptors (Lipinski definition) is 4. The van der Waals surface area contributed by atoms with E-state index >= 15 is 0 Å². The van der Waals surface area contributed by atoms with Gasteiger partial charge in [-0.1, -0.05) is 30.3 Å². The fourth-order valence-electron chi connectivity index (χ4n) is 2.81. The monoisotopic (exact) mass is 311 g/mol. The molecule has 2 aromatic rings. The Bertz CT molecular complexity index is 818. The van der Waals surface area contributed by atoms with Gasteiger partial charge in [0.2, 0.25) is 5.91 Å². The van der Waals surface area contributed by atoms with Crippen LogP contribution in [0.25, 0.3) is 0 Å². The van der Waals surface area contributed by atoms with E-state index in [0.29, 0.717) is 12.1 Å². The molecule has 23 heavy (non-hydrogen) atoms. The number of fused-ring (bicyclic) bond motifs is 1. The molecule has 0 aliphatic carbocycles. The number of nitrogens with zero attached hydrogens (tertiary/aromatic N) is 2. The highest BCUT2D eigenvalue weighted by molar-refractivity contribution is 6.13. The van der Waals surface area contributed by atoms with Crippen LogP contribution >= 0.6 is 0 Å². The van der Waals surface area contributed by atoms with Crippen molar-refractivity contribution in [3.8, 4) is 0 Å². The molecule has 0 fully saturated rings. The van der Waals surface area contributed by atoms with Crippen LogP contribution in [0.2, 0.25) is 0 Å². The molecule has 0 saturated carbocycles. The third-order valence-corrected chi connectivity index (χ3v) is 3.85. The number of carbonyl (C=O) groups excluding carboxylic acids is 2. The van der Waals surface area contributed by atoms with Crippen LogP contribution in [0.3, 0.4) is 0 Å². The lowest BCUT2D eigenvalue weighted by Crippen LogP contribution is -2.46. The van der Waals surface area contributed by atoms with Crippen molar-refractivity contribution < 1.29 is 14.5 Å². The normalized spacial score (nSPS) is 16.0. The van der Waals surface area contributed by atoms with E-state index in [1.165, 1.54) is 23.1 Å². The summed E-state index contributed by atoms with van der Waals surface area (Å²) in [6, 6.07) is 11.9. The van der Waals surface area contributed by atoms with E-state index in [2.05, 4.69) is 0 Å². The van der Waals surface area contributed by atoms with Crippen molar-refractivity contribution in [2.75, 3.05) is 4.90 Å². The molecule has 0 aromatic heterocycles. The minimum absolute atomic E-state index is 0.0690. The van der Waals surface area contributed by atoms with Gasteiger partial charge in [0.05, 0.1) is 4.92 Å². The Balaban J connectivity index is 2.10. The number of hydrogen-bond donors (Lipinski definition) is 1. The average Bonchev–Trinajstić information content (AvgIpc) is 2.94. The minimum atomic E-state index is -0.847. The van der Waals surface area contributed by atoms with Gasteiger partial charge in [0, 0.05) is 18.2 Å². The summed E-state index contributed by atoms with van der Waals surface area (Å²) in [7, 11) is 0. The van der Waals surface area contributed by atoms with E-state index in [-0.39, 0.29) is 11.3 Å². The van der Waals surface area contributed by atoms with Gasteiger partial charge >= 0.3 is 0 Å². The van der Waals surface area contributed by atoms with Crippen molar-refractivity contribution in [2.45, 2.75) is 12.5 Å². The van der Waals surface area contributed by atoms with Crippen LogP contribution in [0.1, 0.15) is 15.9 Å². The van der Waals surface area contributed by atoms with Crippen molar-refractivity contribution >= 4 is 23.2 Å². The Labute approximate surface area is 131 Å². The molecule has 1 atom stereocenters. The molecule has 7 heteroatoms. The predicted octanol–water partition coefficient (Wildman–Crippen LogP) is 1.65. The maximum Gasteiger partial charge on any atom is 0.282 e. The summed E-state index contributed by atoms with van der Waals surface area (Å²) >= 11 is 0. The number of nitro groups is 1. The van der Waals surface area contributed by atoms with E-state index < -0.39 is 22.8 Å². The molecule has 116 valence electrons. The Morgan fingerprint density at radius 3 is 2.48 bits per heavy atom. The first-order chi connectivity index (χ1) is 11.0. The van der Waals surface area contributed by atoms with Crippen LogP contribution in [0.15, 0.2) is 48.5 Å². The molecule has 2 aromatic carbocycles. The summed E-state index contributed by atoms with van der Waals surface area (Å²) in [6.45, 7) is 0. The van der Waals surface area contributed by atoms with E-state index in [0.717, 1.165) is 5.56 Å². The lowest BCUT2D eigenvalue weighted by Gasteiger charge is -2.23. The number of para-hydroxylation sites is 2. The molecule has 3 rings (SSSR count). The van der Waals surface area contributed by atoms with E-state index in [9.17, 15) is 19.7 Å². The maximum absolute atomic E-state index is 12.9. The maximum atomic E-state index is 12.9. The van der Waals surface area contributed by atoms with Gasteiger partial charge in [-0.05, 0) is 17.7 Å². The predicted molar refractivity (Wildman–Crippen MR) is 83.0 cm³/mol. The standard InChI is InChI=1S/C16H13N3O4/c17-15(20)14-9-10-5-1-3-7-12(10)18(14)16(21)11-6-2-4-8-13(11)19(22)23/h1-8,14H,9H2,(H2,17,20). The number of nitro benzene ring substituents is 1. The van der Waals surface area contributed by atoms with Gasteiger partial charge in [-0.15, -0.1) is 0 Å². The van der Waals surface area contributed by atoms with Gasteiger partial charge in [0.25, 0.3) is 11.6 Å². The molecule has 0 spiro atoms. The zero-order valence-corrected chi connectivity index (χ0v) is 12.0. The third-order valence-electron chi connectivity index (χ3n) is 3.85. The molecule has 1 aliphatic heterocycles. The zero-order chi connectivity index (χ0) is 16.6. The molecule has 2 amide bonds. The first-order valence-electron chi connectivity index (χ1n) is 6.95. The number of primary amides is 1. The first kappa shape index (κ1) is 14.7. The highest BCUT2D eigenvalue weighted by Gasteiger charge is 2.39. The molecule has 0 saturated heterocycles. The second-order valence-electron chi connectivity index (χ2n) is 5.20. The van der Waals surface area contributed by atoms with Crippen molar-refractivity contribution in [2.24, 2.45) is 5.73 Å². The third kappa shape index (κ3) is 2.42. The number of amides is 2. The number of rotatable bonds is 3. The van der Waals surface area contributed by atoms with Crippen LogP contribution in [-0.4, -0.2) is 22.8 Å². The molecule has 2 N–H and O–H groups in total. The first-order valence-corrected chi connectivity index (χ1v) is 6.95. The highest BCUT2D eigenvalue weighted by atomic mass is 16.6. The van der Waals surface area contributed by atoms with E-state index in [1.807, 2.05) is 0 Å². The second kappa shape index (κ2) is 5.53. The van der Waals surface area contributed by atoms with Gasteiger partial charge in [-0.3, -0.25) is 24.6 Å². The summed E-state index contributed by atoms with van der Waals surface area (Å²) in [4.78, 5) is 36.4. The van der Waals surface area contributed by atoms with E-state index in [4.69, 9.17) is 5.73 Å². The molecule has 1 aliphatic rings. The molecular formula is C16H13N3O4. The minimum Gasteiger partial charge on any atom is -0.368 e. The lowest BCUT2D eigenvalue weighted by atomic mass is 10.1. The summed E-state index contributed by atoms with van der Waals surface area (Å²) in [6.07, 6.45) is 0.303. The molecule has 7 nitrogen and oxygen atoms in total. The molecule has 1 heterocycles. The highest BCUT2D eigenvalue weighted by Crippen LogP contribution is 2.34. The molecule has 0 bridgehead atoms. The van der Waals surface area contributed by atoms with Crippen molar-refractivity contribution in [3.63, 3.8) is 0 Å². The summed E-state index contributed by atoms with van der Waals surface area (Å²) in [5.74, 6) is -1.25. The second-order valence-corrected chi connectivity index (χ2v) is 5.20. The largest absolute Gasteiger partial charge is 0.368 e. The molecular weight excluding hydrogens is 298 g/mol. The lowest BCUT2D eigenvalue weighted by molar-refractivity contribution is -0.385. The molecule has 0 radical (unpaired) electrons. The van der Waals surface area contributed by atoms with Crippen LogP contribution in [0.4, 0.5) is 11.4 Å². The van der Waals surface area contributed by atoms with E-state index in [1.54, 1.807) is 30.3 Å². The van der Waals surface area contributed by atoms with Crippen molar-refractivity contribution in [3.05, 3.63) is 69.8 Å². The van der Waals surface area contributed by atoms with Gasteiger partial charge in [0.1, 0.15) is 11.6 Å². The van der Waals surface area contributed by atoms with Gasteiger partial charge < -0.3 is 5.73 Å². The molecule has 1 unspecified atom stereocenters. The Kier molecular flexibility index (Phi) is 3.53. The Morgan fingerprint density at radius 2 is 1.78 bits per heavy atom. The van der Waals surface area contributed by atoms with Crippen molar-refractivity contribution in [1.29, 1.82) is 0 Å². The van der Waals surface area contributed by atoms with Crippen LogP contribution in [-0.2, 0) is 11.2 Å². The van der Waals surface area contributed by atoms with Crippen molar-refractivity contribution in [1.82, 2.24) is 0 Å². The number of nitrogens with two attached hydrogens (primary N) is 1.